The van der Waals surface area contributed by atoms with Crippen LogP contribution in [0.5, 0.6) is 0 Å². The zero-order valence-electron chi connectivity index (χ0n) is 77.5. The summed E-state index contributed by atoms with van der Waals surface area (Å²) in [6.45, 7) is 88.5. The Bertz CT molecular complexity index is 4740. The molecule has 0 aliphatic heterocycles. The summed E-state index contributed by atoms with van der Waals surface area (Å²) in [4.78, 5) is 4.32. The molecule has 0 bridgehead atoms. The Morgan fingerprint density at radius 3 is 1.12 bits per heavy atom. The van der Waals surface area contributed by atoms with E-state index in [1.165, 1.54) is 126 Å². The summed E-state index contributed by atoms with van der Waals surface area (Å²) >= 11 is 1.93. The first kappa shape index (κ1) is 92.5. The number of fused-ring (bicyclic) bond motifs is 7. The Balaban J connectivity index is 0.000000207. The smallest absolute Gasteiger partial charge is 0.0392 e. The highest BCUT2D eigenvalue weighted by molar-refractivity contribution is 7.26. The van der Waals surface area contributed by atoms with Crippen LogP contribution in [0.3, 0.4) is 0 Å². The summed E-state index contributed by atoms with van der Waals surface area (Å²) in [7, 11) is 0. The number of aromatic nitrogens is 1. The normalized spacial score (nSPS) is 13.4. The van der Waals surface area contributed by atoms with Crippen LogP contribution in [-0.2, 0) is 65.0 Å². The van der Waals surface area contributed by atoms with Gasteiger partial charge in [0.25, 0.3) is 0 Å². The van der Waals surface area contributed by atoms with Gasteiger partial charge in [-0.15, -0.1) is 11.3 Å². The molecule has 9 aromatic carbocycles. The Labute approximate surface area is 684 Å². The predicted octanol–water partition coefficient (Wildman–Crippen LogP) is 33.3. The molecule has 0 radical (unpaired) electrons. The van der Waals surface area contributed by atoms with E-state index in [1.54, 1.807) is 0 Å². The third-order valence-electron chi connectivity index (χ3n) is 21.0. The maximum absolute atomic E-state index is 4.32. The molecule has 598 valence electrons. The fraction of sp³-hybridized carbons (Fsp3) is 0.477. The number of nitrogens with zero attached hydrogens (tertiary/aromatic N) is 1. The van der Waals surface area contributed by atoms with Gasteiger partial charge >= 0.3 is 0 Å². The fourth-order valence-corrected chi connectivity index (χ4v) is 15.0. The SMILES string of the molecule is CC(C)(C)C.CC(C)(C)c1cc(C(C)(C)C)c2c(c1)C(C)(C)c1ccccc1-2.CC(C)(C)c1cc(C(C)(C)C)c2sc3ccccc3c2c1.CC(C)(C)c1ccc2c(C(C)(C)C)cccc2c1.CC(C)(C)c1cccc(-c2ccccc2)c1.CC(C)(C)c1cccc(C(C)(C)C)c1.CC(C)(C)c1cncc(C(C)(C)C)c1. The Hall–Kier alpha value is -7.39. The van der Waals surface area contributed by atoms with Gasteiger partial charge in [-0.2, -0.15) is 0 Å². The minimum atomic E-state index is 0.0766. The monoisotopic (exact) mass is 1510 g/mol. The van der Waals surface area contributed by atoms with Crippen molar-refractivity contribution < 1.29 is 0 Å². The molecule has 2 heterocycles. The van der Waals surface area contributed by atoms with Crippen molar-refractivity contribution in [2.75, 3.05) is 0 Å². The highest BCUT2D eigenvalue weighted by Gasteiger charge is 2.40. The first-order valence-corrected chi connectivity index (χ1v) is 42.1. The van der Waals surface area contributed by atoms with Gasteiger partial charge in [0.1, 0.15) is 0 Å². The topological polar surface area (TPSA) is 12.9 Å². The molecule has 1 nitrogen and oxygen atoms in total. The van der Waals surface area contributed by atoms with Crippen LogP contribution in [0.4, 0.5) is 0 Å². The zero-order chi connectivity index (χ0) is 84.2. The summed E-state index contributed by atoms with van der Waals surface area (Å²) in [5.41, 5.74) is 26.7. The molecule has 0 fully saturated rings. The van der Waals surface area contributed by atoms with Crippen molar-refractivity contribution in [1.82, 2.24) is 4.98 Å². The molecule has 11 aromatic rings. The first-order valence-electron chi connectivity index (χ1n) is 41.3. The van der Waals surface area contributed by atoms with E-state index in [4.69, 9.17) is 0 Å². The van der Waals surface area contributed by atoms with Gasteiger partial charge in [-0.25, -0.2) is 0 Å². The van der Waals surface area contributed by atoms with E-state index in [0.717, 1.165) is 0 Å². The van der Waals surface area contributed by atoms with Gasteiger partial charge in [0.15, 0.2) is 0 Å². The second kappa shape index (κ2) is 34.4. The standard InChI is InChI=1S/C23H30.C20H24S.C18H24.C16H18.C14H22.C13H21N.C5H12/c1-21(2,3)15-13-18(22(4,5)6)20-16-11-9-10-12-17(16)23(7,8)19(20)14-15;1-19(2,3)13-11-15-14-9-7-8-10-17(14)21-18(15)16(12-13)20(4,5)6;1-17(2,3)14-10-11-15-13(12-14)8-7-9-16(15)18(4,5)6;1-16(2,3)15-11-7-10-14(12-15)13-8-5-4-6-9-13;1-13(2,3)11-8-7-9-12(10-11)14(4,5)6;1-12(2,3)10-7-11(9-14-8-10)13(4,5)6;1-5(2,3)4/h9-14H,1-8H3;7-12H,1-6H3;7-12H,1-6H3;4-12H,1-3H3;7-10H,1-6H3;7-9H,1-6H3;1-4H3. The molecule has 0 unspecified atom stereocenters. The van der Waals surface area contributed by atoms with Gasteiger partial charge in [-0.1, -0.05) is 452 Å². The van der Waals surface area contributed by atoms with E-state index < -0.39 is 0 Å². The fourth-order valence-electron chi connectivity index (χ4n) is 13.6. The van der Waals surface area contributed by atoms with E-state index in [1.807, 2.05) is 23.7 Å². The molecular weight excluding hydrogens is 1360 g/mol. The van der Waals surface area contributed by atoms with Gasteiger partial charge in [0, 0.05) is 38.0 Å². The number of thiophene rings is 1. The molecule has 0 N–H and O–H groups in total. The molecule has 1 aliphatic carbocycles. The number of rotatable bonds is 1. The van der Waals surface area contributed by atoms with Gasteiger partial charge in [-0.3, -0.25) is 4.98 Å². The van der Waals surface area contributed by atoms with Crippen molar-refractivity contribution in [3.8, 4) is 22.3 Å². The number of pyridine rings is 1. The molecule has 0 atom stereocenters. The Kier molecular flexibility index (Phi) is 28.6. The Morgan fingerprint density at radius 1 is 0.252 bits per heavy atom. The molecule has 0 saturated carbocycles. The van der Waals surface area contributed by atoms with E-state index in [0.29, 0.717) is 5.41 Å². The molecule has 2 heteroatoms. The van der Waals surface area contributed by atoms with Crippen LogP contribution in [0.15, 0.2) is 207 Å². The lowest BCUT2D eigenvalue weighted by Gasteiger charge is -2.30. The maximum Gasteiger partial charge on any atom is 0.0392 e. The molecule has 12 rings (SSSR count). The summed E-state index contributed by atoms with van der Waals surface area (Å²) in [6.07, 6.45) is 3.94. The average Bonchev–Trinajstić information content (AvgIpc) is 1.56. The van der Waals surface area contributed by atoms with Crippen molar-refractivity contribution in [1.29, 1.82) is 0 Å². The maximum atomic E-state index is 4.32. The summed E-state index contributed by atoms with van der Waals surface area (Å²) < 4.78 is 2.85. The molecule has 2 aromatic heterocycles. The van der Waals surface area contributed by atoms with Crippen molar-refractivity contribution in [3.05, 3.63) is 279 Å². The first-order chi connectivity index (χ1) is 50.3. The lowest BCUT2D eigenvalue weighted by Crippen LogP contribution is -2.21. The third-order valence-corrected chi connectivity index (χ3v) is 22.2. The van der Waals surface area contributed by atoms with Crippen molar-refractivity contribution in [3.63, 3.8) is 0 Å². The summed E-state index contributed by atoms with van der Waals surface area (Å²) in [6, 6.07) is 71.6. The van der Waals surface area contributed by atoms with E-state index in [2.05, 4.69) is 469 Å². The number of benzene rings is 9. The Morgan fingerprint density at radius 2 is 0.640 bits per heavy atom. The minimum Gasteiger partial charge on any atom is -0.264 e. The summed E-state index contributed by atoms with van der Waals surface area (Å²) in [5.74, 6) is 0. The van der Waals surface area contributed by atoms with E-state index in [-0.39, 0.29) is 65.0 Å². The predicted molar refractivity (Wildman–Crippen MR) is 501 cm³/mol. The second-order valence-electron chi connectivity index (χ2n) is 45.1. The van der Waals surface area contributed by atoms with Crippen molar-refractivity contribution in [2.24, 2.45) is 5.41 Å². The van der Waals surface area contributed by atoms with Crippen LogP contribution in [0.1, 0.15) is 342 Å². The van der Waals surface area contributed by atoms with E-state index in [9.17, 15) is 0 Å². The lowest BCUT2D eigenvalue weighted by molar-refractivity contribution is 0.469. The largest absolute Gasteiger partial charge is 0.264 e. The van der Waals surface area contributed by atoms with E-state index >= 15 is 0 Å². The zero-order valence-corrected chi connectivity index (χ0v) is 78.3. The van der Waals surface area contributed by atoms with Crippen LogP contribution in [0.2, 0.25) is 0 Å². The van der Waals surface area contributed by atoms with Crippen LogP contribution in [0, 0.1) is 5.41 Å². The van der Waals surface area contributed by atoms with Crippen molar-refractivity contribution in [2.45, 2.75) is 335 Å². The average molecular weight is 1510 g/mol. The molecule has 1 aliphatic rings. The molecule has 0 saturated heterocycles. The van der Waals surface area contributed by atoms with Crippen LogP contribution in [0.25, 0.3) is 53.2 Å². The van der Waals surface area contributed by atoms with Gasteiger partial charge in [0.2, 0.25) is 0 Å². The van der Waals surface area contributed by atoms with Gasteiger partial charge in [-0.05, 0) is 182 Å². The van der Waals surface area contributed by atoms with Crippen molar-refractivity contribution >= 4 is 42.3 Å². The molecule has 111 heavy (non-hydrogen) atoms. The van der Waals surface area contributed by atoms with Gasteiger partial charge in [0.05, 0.1) is 0 Å². The third kappa shape index (κ3) is 25.6. The second-order valence-corrected chi connectivity index (χ2v) is 46.1. The van der Waals surface area contributed by atoms with Crippen LogP contribution >= 0.6 is 11.3 Å². The quantitative estimate of drug-likeness (QED) is 0.160. The number of hydrogen-bond donors (Lipinski definition) is 0. The highest BCUT2D eigenvalue weighted by atomic mass is 32.1. The molecule has 0 spiro atoms. The molecular formula is C109H151NS. The highest BCUT2D eigenvalue weighted by Crippen LogP contribution is 2.53. The van der Waals surface area contributed by atoms with Gasteiger partial charge < -0.3 is 0 Å². The van der Waals surface area contributed by atoms with Crippen LogP contribution < -0.4 is 0 Å². The lowest BCUT2D eigenvalue weighted by atomic mass is 9.74. The van der Waals surface area contributed by atoms with Crippen LogP contribution in [-0.4, -0.2) is 4.98 Å². The summed E-state index contributed by atoms with van der Waals surface area (Å²) in [5, 5.41) is 5.56. The number of hydrogen-bond acceptors (Lipinski definition) is 2. The minimum absolute atomic E-state index is 0.0766. The molecule has 0 amide bonds.